The minimum absolute atomic E-state index is 0.389. The van der Waals surface area contributed by atoms with Gasteiger partial charge in [0.25, 0.3) is 0 Å². The molecule has 0 aliphatic heterocycles. The van der Waals surface area contributed by atoms with Crippen molar-refractivity contribution in [3.05, 3.63) is 106 Å². The number of hydrogen-bond acceptors (Lipinski definition) is 4. The zero-order chi connectivity index (χ0) is 23.9. The van der Waals surface area contributed by atoms with Crippen LogP contribution in [0.15, 0.2) is 83.3 Å². The minimum atomic E-state index is 0.389. The summed E-state index contributed by atoms with van der Waals surface area (Å²) in [6, 6.07) is 29.5. The van der Waals surface area contributed by atoms with Crippen LogP contribution in [0.2, 0.25) is 0 Å². The van der Waals surface area contributed by atoms with Crippen molar-refractivity contribution in [3.63, 3.8) is 0 Å². The van der Waals surface area contributed by atoms with E-state index in [0.717, 1.165) is 26.4 Å². The molecule has 0 atom stereocenters. The maximum absolute atomic E-state index is 9.73. The van der Waals surface area contributed by atoms with Gasteiger partial charge in [-0.1, -0.05) is 54.6 Å². The SMILES string of the molecule is CCOc1cc(/C=C(/C#N)c2cccc(C#N)c2)cc(Br)c1OCc1cccc2ccccc12. The first-order chi connectivity index (χ1) is 16.6. The molecule has 4 aromatic rings. The fourth-order valence-corrected chi connectivity index (χ4v) is 4.32. The van der Waals surface area contributed by atoms with Gasteiger partial charge in [-0.05, 0) is 80.7 Å². The summed E-state index contributed by atoms with van der Waals surface area (Å²) in [5.41, 5.74) is 3.52. The lowest BCUT2D eigenvalue weighted by molar-refractivity contribution is 0.268. The second kappa shape index (κ2) is 10.7. The Balaban J connectivity index is 1.67. The second-order valence-corrected chi connectivity index (χ2v) is 8.41. The predicted molar refractivity (Wildman–Crippen MR) is 138 cm³/mol. The van der Waals surface area contributed by atoms with Gasteiger partial charge in [-0.15, -0.1) is 0 Å². The van der Waals surface area contributed by atoms with Crippen molar-refractivity contribution in [1.82, 2.24) is 0 Å². The normalized spacial score (nSPS) is 11.0. The van der Waals surface area contributed by atoms with E-state index >= 15 is 0 Å². The molecule has 0 spiro atoms. The molecule has 0 unspecified atom stereocenters. The Morgan fingerprint density at radius 3 is 2.53 bits per heavy atom. The van der Waals surface area contributed by atoms with E-state index in [1.54, 1.807) is 24.3 Å². The van der Waals surface area contributed by atoms with Crippen LogP contribution in [0.1, 0.15) is 29.2 Å². The summed E-state index contributed by atoms with van der Waals surface area (Å²) in [7, 11) is 0. The molecule has 0 N–H and O–H groups in total. The van der Waals surface area contributed by atoms with Crippen LogP contribution in [-0.4, -0.2) is 6.61 Å². The number of benzene rings is 4. The fourth-order valence-electron chi connectivity index (χ4n) is 3.75. The van der Waals surface area contributed by atoms with Gasteiger partial charge in [-0.25, -0.2) is 0 Å². The molecule has 0 heterocycles. The van der Waals surface area contributed by atoms with Crippen molar-refractivity contribution in [3.8, 4) is 23.6 Å². The van der Waals surface area contributed by atoms with Gasteiger partial charge >= 0.3 is 0 Å². The molecule has 0 saturated heterocycles. The number of nitrogens with zero attached hydrogens (tertiary/aromatic N) is 2. The van der Waals surface area contributed by atoms with Gasteiger partial charge in [0, 0.05) is 0 Å². The Morgan fingerprint density at radius 2 is 1.74 bits per heavy atom. The third-order valence-corrected chi connectivity index (χ3v) is 5.91. The number of ether oxygens (including phenoxy) is 2. The van der Waals surface area contributed by atoms with E-state index in [1.165, 1.54) is 0 Å². The lowest BCUT2D eigenvalue weighted by Crippen LogP contribution is -2.01. The number of fused-ring (bicyclic) bond motifs is 1. The number of halogens is 1. The van der Waals surface area contributed by atoms with Gasteiger partial charge in [0.1, 0.15) is 6.61 Å². The van der Waals surface area contributed by atoms with E-state index < -0.39 is 0 Å². The van der Waals surface area contributed by atoms with E-state index in [-0.39, 0.29) is 0 Å². The van der Waals surface area contributed by atoms with Crippen LogP contribution in [0, 0.1) is 22.7 Å². The van der Waals surface area contributed by atoms with Crippen LogP contribution in [0.4, 0.5) is 0 Å². The van der Waals surface area contributed by atoms with Gasteiger partial charge in [-0.3, -0.25) is 0 Å². The first-order valence-electron chi connectivity index (χ1n) is 10.8. The summed E-state index contributed by atoms with van der Waals surface area (Å²) >= 11 is 3.62. The van der Waals surface area contributed by atoms with Gasteiger partial charge < -0.3 is 9.47 Å². The largest absolute Gasteiger partial charge is 0.490 e. The average molecular weight is 509 g/mol. The standard InChI is InChI=1S/C29H21BrN2O2/c1-2-33-28-16-21(14-25(18-32)23-10-5-7-20(13-23)17-31)15-27(30)29(28)34-19-24-11-6-9-22-8-3-4-12-26(22)24/h3-16H,2,19H2,1H3/b25-14-. The Bertz CT molecular complexity index is 1460. The summed E-state index contributed by atoms with van der Waals surface area (Å²) in [6.07, 6.45) is 1.78. The molecule has 166 valence electrons. The monoisotopic (exact) mass is 508 g/mol. The summed E-state index contributed by atoms with van der Waals surface area (Å²) in [5.74, 6) is 1.20. The van der Waals surface area contributed by atoms with Crippen LogP contribution < -0.4 is 9.47 Å². The van der Waals surface area contributed by atoms with Crippen molar-refractivity contribution in [2.24, 2.45) is 0 Å². The Hall–Kier alpha value is -4.06. The third-order valence-electron chi connectivity index (χ3n) is 5.32. The summed E-state index contributed by atoms with van der Waals surface area (Å²) < 4.78 is 12.8. The molecule has 4 rings (SSSR count). The Morgan fingerprint density at radius 1 is 0.941 bits per heavy atom. The van der Waals surface area contributed by atoms with Crippen molar-refractivity contribution in [2.75, 3.05) is 6.61 Å². The molecule has 0 aliphatic rings. The average Bonchev–Trinajstić information content (AvgIpc) is 2.87. The number of hydrogen-bond donors (Lipinski definition) is 0. The van der Waals surface area contributed by atoms with Crippen molar-refractivity contribution in [1.29, 1.82) is 10.5 Å². The van der Waals surface area contributed by atoms with Crippen LogP contribution in [0.5, 0.6) is 11.5 Å². The molecule has 4 nitrogen and oxygen atoms in total. The highest BCUT2D eigenvalue weighted by atomic mass is 79.9. The predicted octanol–water partition coefficient (Wildman–Crippen LogP) is 7.52. The van der Waals surface area contributed by atoms with Crippen LogP contribution in [0.25, 0.3) is 22.4 Å². The Labute approximate surface area is 207 Å². The topological polar surface area (TPSA) is 66.0 Å². The summed E-state index contributed by atoms with van der Waals surface area (Å²) in [5, 5.41) is 21.2. The molecule has 4 aromatic carbocycles. The number of nitriles is 2. The summed E-state index contributed by atoms with van der Waals surface area (Å²) in [4.78, 5) is 0. The molecule has 5 heteroatoms. The van der Waals surface area contributed by atoms with Gasteiger partial charge in [0.05, 0.1) is 34.4 Å². The fraction of sp³-hybridized carbons (Fsp3) is 0.103. The van der Waals surface area contributed by atoms with E-state index in [2.05, 4.69) is 52.3 Å². The molecule has 0 amide bonds. The van der Waals surface area contributed by atoms with Crippen LogP contribution >= 0.6 is 15.9 Å². The van der Waals surface area contributed by atoms with E-state index in [4.69, 9.17) is 9.47 Å². The van der Waals surface area contributed by atoms with Crippen molar-refractivity contribution >= 4 is 38.4 Å². The third kappa shape index (κ3) is 5.12. The molecule has 0 radical (unpaired) electrons. The lowest BCUT2D eigenvalue weighted by Gasteiger charge is -2.16. The zero-order valence-electron chi connectivity index (χ0n) is 18.6. The number of allylic oxidation sites excluding steroid dienone is 1. The second-order valence-electron chi connectivity index (χ2n) is 7.55. The van der Waals surface area contributed by atoms with E-state index in [1.807, 2.05) is 43.3 Å². The lowest BCUT2D eigenvalue weighted by atomic mass is 10.0. The molecular weight excluding hydrogens is 488 g/mol. The number of rotatable bonds is 7. The molecule has 0 aromatic heterocycles. The first kappa shape index (κ1) is 23.1. The van der Waals surface area contributed by atoms with Crippen LogP contribution in [-0.2, 0) is 6.61 Å². The molecule has 0 bridgehead atoms. The molecule has 0 fully saturated rings. The maximum atomic E-state index is 9.73. The van der Waals surface area contributed by atoms with E-state index in [9.17, 15) is 10.5 Å². The van der Waals surface area contributed by atoms with Crippen LogP contribution in [0.3, 0.4) is 0 Å². The summed E-state index contributed by atoms with van der Waals surface area (Å²) in [6.45, 7) is 2.78. The van der Waals surface area contributed by atoms with E-state index in [0.29, 0.717) is 41.4 Å². The maximum Gasteiger partial charge on any atom is 0.175 e. The molecule has 0 saturated carbocycles. The van der Waals surface area contributed by atoms with Gasteiger partial charge in [-0.2, -0.15) is 10.5 Å². The highest BCUT2D eigenvalue weighted by Crippen LogP contribution is 2.38. The zero-order valence-corrected chi connectivity index (χ0v) is 20.2. The Kier molecular flexibility index (Phi) is 7.28. The highest BCUT2D eigenvalue weighted by Gasteiger charge is 2.14. The first-order valence-corrected chi connectivity index (χ1v) is 11.6. The molecular formula is C29H21BrN2O2. The van der Waals surface area contributed by atoms with Crippen molar-refractivity contribution < 1.29 is 9.47 Å². The van der Waals surface area contributed by atoms with Gasteiger partial charge in [0.15, 0.2) is 11.5 Å². The quantitative estimate of drug-likeness (QED) is 0.191. The molecule has 0 aliphatic carbocycles. The molecule has 34 heavy (non-hydrogen) atoms. The van der Waals surface area contributed by atoms with Gasteiger partial charge in [0.2, 0.25) is 0 Å². The van der Waals surface area contributed by atoms with Crippen molar-refractivity contribution in [2.45, 2.75) is 13.5 Å². The minimum Gasteiger partial charge on any atom is -0.490 e. The highest BCUT2D eigenvalue weighted by molar-refractivity contribution is 9.10. The smallest absolute Gasteiger partial charge is 0.175 e.